The van der Waals surface area contributed by atoms with E-state index in [0.29, 0.717) is 0 Å². The van der Waals surface area contributed by atoms with E-state index >= 15 is 0 Å². The molecule has 0 aliphatic carbocycles. The lowest BCUT2D eigenvalue weighted by molar-refractivity contribution is 0.467. The van der Waals surface area contributed by atoms with Crippen LogP contribution in [0.5, 0.6) is 0 Å². The van der Waals surface area contributed by atoms with Crippen LogP contribution in [0, 0.1) is 5.82 Å². The number of sulfonamides is 2. The van der Waals surface area contributed by atoms with E-state index in [9.17, 15) is 21.2 Å². The smallest absolute Gasteiger partial charge is 0.264 e. The first kappa shape index (κ1) is 21.0. The Bertz CT molecular complexity index is 1200. The number of hydrogen-bond acceptors (Lipinski definition) is 4. The molecule has 152 valence electrons. The summed E-state index contributed by atoms with van der Waals surface area (Å²) in [6, 6.07) is 19.4. The van der Waals surface area contributed by atoms with Gasteiger partial charge < -0.3 is 0 Å². The van der Waals surface area contributed by atoms with Crippen LogP contribution in [0.4, 0.5) is 10.1 Å². The molecule has 0 heterocycles. The quantitative estimate of drug-likeness (QED) is 0.617. The molecule has 0 saturated carbocycles. The van der Waals surface area contributed by atoms with Gasteiger partial charge in [0, 0.05) is 19.3 Å². The van der Waals surface area contributed by atoms with E-state index in [4.69, 9.17) is 0 Å². The predicted octanol–water partition coefficient (Wildman–Crippen LogP) is 3.45. The van der Waals surface area contributed by atoms with E-state index in [1.165, 1.54) is 47.8 Å². The fourth-order valence-electron chi connectivity index (χ4n) is 2.67. The van der Waals surface area contributed by atoms with Crippen molar-refractivity contribution in [3.63, 3.8) is 0 Å². The van der Waals surface area contributed by atoms with Gasteiger partial charge in [0.25, 0.3) is 10.0 Å². The number of hydrogen-bond donors (Lipinski definition) is 1. The molecule has 0 spiro atoms. The van der Waals surface area contributed by atoms with E-state index < -0.39 is 30.8 Å². The van der Waals surface area contributed by atoms with Crippen molar-refractivity contribution in [2.75, 3.05) is 11.8 Å². The van der Waals surface area contributed by atoms with Crippen LogP contribution >= 0.6 is 0 Å². The maximum Gasteiger partial charge on any atom is 0.264 e. The van der Waals surface area contributed by atoms with Crippen molar-refractivity contribution in [2.45, 2.75) is 16.3 Å². The number of halogens is 1. The van der Waals surface area contributed by atoms with Crippen LogP contribution in [0.3, 0.4) is 0 Å². The first-order valence-electron chi connectivity index (χ1n) is 8.58. The van der Waals surface area contributed by atoms with Crippen molar-refractivity contribution in [3.8, 4) is 0 Å². The zero-order valence-electron chi connectivity index (χ0n) is 15.5. The molecule has 0 bridgehead atoms. The van der Waals surface area contributed by atoms with E-state index in [2.05, 4.69) is 4.72 Å². The molecule has 0 aromatic heterocycles. The molecule has 3 aromatic carbocycles. The molecule has 0 aliphatic heterocycles. The van der Waals surface area contributed by atoms with Gasteiger partial charge in [-0.1, -0.05) is 42.5 Å². The van der Waals surface area contributed by atoms with Gasteiger partial charge in [0.1, 0.15) is 10.7 Å². The van der Waals surface area contributed by atoms with Crippen molar-refractivity contribution in [2.24, 2.45) is 0 Å². The molecule has 1 N–H and O–H groups in total. The molecule has 3 rings (SSSR count). The second kappa shape index (κ2) is 8.32. The summed E-state index contributed by atoms with van der Waals surface area (Å²) in [5.74, 6) is -0.873. The summed E-state index contributed by atoms with van der Waals surface area (Å²) < 4.78 is 67.4. The van der Waals surface area contributed by atoms with Crippen LogP contribution in [0.15, 0.2) is 88.7 Å². The largest absolute Gasteiger partial charge is 0.280 e. The molecule has 6 nitrogen and oxygen atoms in total. The van der Waals surface area contributed by atoms with E-state index in [1.807, 2.05) is 30.3 Å². The van der Waals surface area contributed by atoms with E-state index in [-0.39, 0.29) is 17.1 Å². The fraction of sp³-hybridized carbons (Fsp3) is 0.100. The molecule has 0 amide bonds. The maximum absolute atomic E-state index is 13.8. The third-order valence-corrected chi connectivity index (χ3v) is 7.42. The summed E-state index contributed by atoms with van der Waals surface area (Å²) in [5, 5.41) is 0. The highest BCUT2D eigenvalue weighted by Gasteiger charge is 2.22. The molecule has 0 unspecified atom stereocenters. The van der Waals surface area contributed by atoms with E-state index in [1.54, 1.807) is 0 Å². The predicted molar refractivity (Wildman–Crippen MR) is 109 cm³/mol. The summed E-state index contributed by atoms with van der Waals surface area (Å²) in [4.78, 5) is -0.468. The van der Waals surface area contributed by atoms with Crippen LogP contribution in [0.1, 0.15) is 5.56 Å². The van der Waals surface area contributed by atoms with Crippen molar-refractivity contribution < 1.29 is 21.2 Å². The van der Waals surface area contributed by atoms with Gasteiger partial charge in [0.15, 0.2) is 0 Å². The molecule has 0 saturated heterocycles. The zero-order valence-corrected chi connectivity index (χ0v) is 17.1. The van der Waals surface area contributed by atoms with Gasteiger partial charge >= 0.3 is 0 Å². The molecule has 9 heteroatoms. The van der Waals surface area contributed by atoms with Gasteiger partial charge in [-0.2, -0.15) is 4.31 Å². The van der Waals surface area contributed by atoms with Gasteiger partial charge in [0.2, 0.25) is 10.0 Å². The third kappa shape index (κ3) is 4.81. The zero-order chi connectivity index (χ0) is 21.1. The second-order valence-electron chi connectivity index (χ2n) is 6.31. The van der Waals surface area contributed by atoms with Crippen LogP contribution in [0.25, 0.3) is 0 Å². The Morgan fingerprint density at radius 1 is 0.828 bits per heavy atom. The SMILES string of the molecule is CN(Cc1ccccc1)S(=O)(=O)c1ccc(NS(=O)(=O)c2ccccc2F)cc1. The van der Waals surface area contributed by atoms with Crippen molar-refractivity contribution in [1.82, 2.24) is 4.31 Å². The van der Waals surface area contributed by atoms with Crippen LogP contribution in [-0.2, 0) is 26.6 Å². The first-order chi connectivity index (χ1) is 13.7. The Hall–Kier alpha value is -2.75. The Balaban J connectivity index is 1.78. The molecule has 29 heavy (non-hydrogen) atoms. The Kier molecular flexibility index (Phi) is 6.02. The van der Waals surface area contributed by atoms with Gasteiger partial charge in [0.05, 0.1) is 4.90 Å². The normalized spacial score (nSPS) is 12.1. The van der Waals surface area contributed by atoms with Gasteiger partial charge in [-0.3, -0.25) is 4.72 Å². The number of benzene rings is 3. The van der Waals surface area contributed by atoms with Gasteiger partial charge in [-0.25, -0.2) is 21.2 Å². The number of rotatable bonds is 7. The number of nitrogens with one attached hydrogen (secondary N) is 1. The third-order valence-electron chi connectivity index (χ3n) is 4.19. The molecule has 0 radical (unpaired) electrons. The standard InChI is InChI=1S/C20H19FN2O4S2/c1-23(15-16-7-3-2-4-8-16)29(26,27)18-13-11-17(12-14-18)22-28(24,25)20-10-6-5-9-19(20)21/h2-14,22H,15H2,1H3. The summed E-state index contributed by atoms with van der Waals surface area (Å²) in [5.41, 5.74) is 0.964. The minimum atomic E-state index is -4.13. The summed E-state index contributed by atoms with van der Waals surface area (Å²) in [6.45, 7) is 0.199. The van der Waals surface area contributed by atoms with Crippen LogP contribution in [0.2, 0.25) is 0 Å². The lowest BCUT2D eigenvalue weighted by Crippen LogP contribution is -2.26. The topological polar surface area (TPSA) is 83.6 Å². The molecular formula is C20H19FN2O4S2. The molecule has 0 atom stereocenters. The fourth-order valence-corrected chi connectivity index (χ4v) is 4.97. The van der Waals surface area contributed by atoms with Crippen LogP contribution in [-0.4, -0.2) is 28.2 Å². The first-order valence-corrected chi connectivity index (χ1v) is 11.5. The monoisotopic (exact) mass is 434 g/mol. The lowest BCUT2D eigenvalue weighted by Gasteiger charge is -2.17. The lowest BCUT2D eigenvalue weighted by atomic mass is 10.2. The van der Waals surface area contributed by atoms with Gasteiger partial charge in [-0.15, -0.1) is 0 Å². The molecule has 0 fully saturated rings. The average Bonchev–Trinajstić information content (AvgIpc) is 2.69. The summed E-state index contributed by atoms with van der Waals surface area (Å²) >= 11 is 0. The minimum absolute atomic E-state index is 0.0183. The van der Waals surface area contributed by atoms with Crippen LogP contribution < -0.4 is 4.72 Å². The highest BCUT2D eigenvalue weighted by atomic mass is 32.2. The molecule has 0 aliphatic rings. The Morgan fingerprint density at radius 3 is 2.03 bits per heavy atom. The summed E-state index contributed by atoms with van der Waals surface area (Å²) in [7, 11) is -6.43. The average molecular weight is 435 g/mol. The summed E-state index contributed by atoms with van der Waals surface area (Å²) in [6.07, 6.45) is 0. The molecule has 3 aromatic rings. The minimum Gasteiger partial charge on any atom is -0.280 e. The van der Waals surface area contributed by atoms with Gasteiger partial charge in [-0.05, 0) is 42.0 Å². The Labute approximate surface area is 169 Å². The van der Waals surface area contributed by atoms with E-state index in [0.717, 1.165) is 17.7 Å². The van der Waals surface area contributed by atoms with Crippen molar-refractivity contribution in [3.05, 3.63) is 90.2 Å². The Morgan fingerprint density at radius 2 is 1.41 bits per heavy atom. The highest BCUT2D eigenvalue weighted by Crippen LogP contribution is 2.22. The van der Waals surface area contributed by atoms with Crippen molar-refractivity contribution >= 4 is 25.7 Å². The van der Waals surface area contributed by atoms with Crippen molar-refractivity contribution in [1.29, 1.82) is 0 Å². The maximum atomic E-state index is 13.8. The number of nitrogens with zero attached hydrogens (tertiary/aromatic N) is 1. The second-order valence-corrected chi connectivity index (χ2v) is 10.0. The number of anilines is 1. The molecular weight excluding hydrogens is 415 g/mol. The highest BCUT2D eigenvalue weighted by molar-refractivity contribution is 7.92.